The number of unbranched alkanes of at least 4 members (excludes halogenated alkanes) is 8. The van der Waals surface area contributed by atoms with Crippen LogP contribution in [-0.4, -0.2) is 18.3 Å². The highest BCUT2D eigenvalue weighted by Crippen LogP contribution is 2.13. The number of hydrogen-bond donors (Lipinski definition) is 3. The highest BCUT2D eigenvalue weighted by molar-refractivity contribution is 5.85. The Bertz CT molecular complexity index is 277. The normalized spacial score (nSPS) is 10.8. The zero-order valence-corrected chi connectivity index (χ0v) is 14.0. The summed E-state index contributed by atoms with van der Waals surface area (Å²) in [5.41, 5.74) is 5.18. The van der Waals surface area contributed by atoms with Crippen molar-refractivity contribution in [1.82, 2.24) is 5.32 Å². The summed E-state index contributed by atoms with van der Waals surface area (Å²) in [6, 6.07) is 0. The largest absolute Gasteiger partial charge is 0.386 e. The van der Waals surface area contributed by atoms with Gasteiger partial charge in [0, 0.05) is 6.42 Å². The van der Waals surface area contributed by atoms with Crippen LogP contribution in [0.2, 0.25) is 0 Å². The summed E-state index contributed by atoms with van der Waals surface area (Å²) in [7, 11) is 0. The van der Waals surface area contributed by atoms with Gasteiger partial charge in [0.25, 0.3) is 0 Å². The molecule has 1 amide bonds. The van der Waals surface area contributed by atoms with E-state index in [1.807, 2.05) is 0 Å². The van der Waals surface area contributed by atoms with E-state index in [9.17, 15) is 4.79 Å². The standard InChI is InChI=1S/C17H35N3O/c1-15(2)12-10-8-6-4-3-5-7-9-11-13-17(21)20-14-16(18)19/h15H,3-14H2,1-2H3,(H3,18,19)(H,20,21). The third kappa shape index (κ3) is 16.9. The average Bonchev–Trinajstić information content (AvgIpc) is 2.42. The molecule has 0 aromatic heterocycles. The van der Waals surface area contributed by atoms with Crippen LogP contribution in [0.4, 0.5) is 0 Å². The van der Waals surface area contributed by atoms with E-state index in [-0.39, 0.29) is 18.3 Å². The van der Waals surface area contributed by atoms with Crippen molar-refractivity contribution in [2.75, 3.05) is 6.54 Å². The van der Waals surface area contributed by atoms with Gasteiger partial charge >= 0.3 is 0 Å². The van der Waals surface area contributed by atoms with E-state index in [0.717, 1.165) is 18.8 Å². The fourth-order valence-corrected chi connectivity index (χ4v) is 2.36. The van der Waals surface area contributed by atoms with E-state index in [1.54, 1.807) is 0 Å². The maximum absolute atomic E-state index is 11.4. The zero-order valence-electron chi connectivity index (χ0n) is 14.0. The summed E-state index contributed by atoms with van der Waals surface area (Å²) in [5, 5.41) is 9.65. The molecule has 0 saturated carbocycles. The molecule has 0 aliphatic carbocycles. The molecule has 0 heterocycles. The van der Waals surface area contributed by atoms with Crippen molar-refractivity contribution in [3.63, 3.8) is 0 Å². The number of hydrogen-bond acceptors (Lipinski definition) is 2. The monoisotopic (exact) mass is 297 g/mol. The van der Waals surface area contributed by atoms with Crippen molar-refractivity contribution in [1.29, 1.82) is 5.41 Å². The van der Waals surface area contributed by atoms with Gasteiger partial charge in [0.15, 0.2) is 0 Å². The molecule has 4 N–H and O–H groups in total. The molecule has 0 spiro atoms. The molecule has 4 nitrogen and oxygen atoms in total. The summed E-state index contributed by atoms with van der Waals surface area (Å²) < 4.78 is 0. The van der Waals surface area contributed by atoms with Crippen molar-refractivity contribution >= 4 is 11.7 Å². The van der Waals surface area contributed by atoms with Gasteiger partial charge in [-0.15, -0.1) is 0 Å². The van der Waals surface area contributed by atoms with Crippen LogP contribution >= 0.6 is 0 Å². The highest BCUT2D eigenvalue weighted by atomic mass is 16.1. The minimum atomic E-state index is 0.00959. The van der Waals surface area contributed by atoms with Gasteiger partial charge < -0.3 is 11.1 Å². The molecular weight excluding hydrogens is 262 g/mol. The first-order chi connectivity index (χ1) is 10.0. The van der Waals surface area contributed by atoms with Gasteiger partial charge in [-0.2, -0.15) is 0 Å². The molecule has 0 saturated heterocycles. The lowest BCUT2D eigenvalue weighted by atomic mass is 10.0. The summed E-state index contributed by atoms with van der Waals surface area (Å²) >= 11 is 0. The molecule has 0 bridgehead atoms. The summed E-state index contributed by atoms with van der Waals surface area (Å²) in [6.07, 6.45) is 13.3. The Kier molecular flexibility index (Phi) is 13.2. The Hall–Kier alpha value is -1.06. The fourth-order valence-electron chi connectivity index (χ4n) is 2.36. The maximum atomic E-state index is 11.4. The molecule has 4 heteroatoms. The van der Waals surface area contributed by atoms with Crippen LogP contribution in [0.25, 0.3) is 0 Å². The van der Waals surface area contributed by atoms with Crippen LogP contribution in [0.15, 0.2) is 0 Å². The maximum Gasteiger partial charge on any atom is 0.220 e. The van der Waals surface area contributed by atoms with Crippen LogP contribution in [0.1, 0.15) is 84.5 Å². The van der Waals surface area contributed by atoms with E-state index in [0.29, 0.717) is 6.42 Å². The molecule has 0 atom stereocenters. The number of rotatable bonds is 14. The Morgan fingerprint density at radius 3 is 1.90 bits per heavy atom. The summed E-state index contributed by atoms with van der Waals surface area (Å²) in [5.74, 6) is 0.866. The van der Waals surface area contributed by atoms with Gasteiger partial charge in [0.2, 0.25) is 5.91 Å². The van der Waals surface area contributed by atoms with Crippen LogP contribution in [0.5, 0.6) is 0 Å². The van der Waals surface area contributed by atoms with E-state index < -0.39 is 0 Å². The van der Waals surface area contributed by atoms with Crippen molar-refractivity contribution in [2.24, 2.45) is 11.7 Å². The molecule has 0 aromatic carbocycles. The molecule has 0 aliphatic rings. The molecule has 124 valence electrons. The first kappa shape index (κ1) is 19.9. The lowest BCUT2D eigenvalue weighted by Gasteiger charge is -2.05. The fraction of sp³-hybridized carbons (Fsp3) is 0.882. The van der Waals surface area contributed by atoms with Crippen LogP contribution in [0.3, 0.4) is 0 Å². The second-order valence-corrected chi connectivity index (χ2v) is 6.42. The number of amidine groups is 1. The van der Waals surface area contributed by atoms with E-state index in [4.69, 9.17) is 11.1 Å². The van der Waals surface area contributed by atoms with E-state index in [2.05, 4.69) is 19.2 Å². The number of nitrogens with one attached hydrogen (secondary N) is 2. The molecule has 0 aromatic rings. The van der Waals surface area contributed by atoms with Crippen LogP contribution < -0.4 is 11.1 Å². The van der Waals surface area contributed by atoms with Crippen molar-refractivity contribution in [3.05, 3.63) is 0 Å². The van der Waals surface area contributed by atoms with Gasteiger partial charge in [-0.05, 0) is 12.3 Å². The van der Waals surface area contributed by atoms with Crippen molar-refractivity contribution in [3.8, 4) is 0 Å². The van der Waals surface area contributed by atoms with Gasteiger partial charge in [-0.25, -0.2) is 0 Å². The third-order valence-electron chi connectivity index (χ3n) is 3.66. The highest BCUT2D eigenvalue weighted by Gasteiger charge is 2.01. The second kappa shape index (κ2) is 13.9. The minimum absolute atomic E-state index is 0.00959. The quantitative estimate of drug-likeness (QED) is 0.257. The van der Waals surface area contributed by atoms with Crippen LogP contribution in [0, 0.1) is 11.3 Å². The first-order valence-corrected chi connectivity index (χ1v) is 8.62. The summed E-state index contributed by atoms with van der Waals surface area (Å²) in [6.45, 7) is 4.76. The number of carbonyl (C=O) groups is 1. The van der Waals surface area contributed by atoms with Gasteiger partial charge in [-0.3, -0.25) is 10.2 Å². The van der Waals surface area contributed by atoms with Crippen molar-refractivity contribution in [2.45, 2.75) is 84.5 Å². The topological polar surface area (TPSA) is 79.0 Å². The van der Waals surface area contributed by atoms with Gasteiger partial charge in [0.1, 0.15) is 5.84 Å². The number of carbonyl (C=O) groups excluding carboxylic acids is 1. The Balaban J connectivity index is 3.15. The molecule has 0 rings (SSSR count). The average molecular weight is 297 g/mol. The van der Waals surface area contributed by atoms with Crippen molar-refractivity contribution < 1.29 is 4.79 Å². The van der Waals surface area contributed by atoms with E-state index in [1.165, 1.54) is 51.4 Å². The molecule has 0 fully saturated rings. The smallest absolute Gasteiger partial charge is 0.220 e. The van der Waals surface area contributed by atoms with E-state index >= 15 is 0 Å². The van der Waals surface area contributed by atoms with Gasteiger partial charge in [0.05, 0.1) is 6.54 Å². The number of nitrogens with two attached hydrogens (primary N) is 1. The molecule has 0 aliphatic heterocycles. The predicted octanol–water partition coefficient (Wildman–Crippen LogP) is 3.99. The van der Waals surface area contributed by atoms with Gasteiger partial charge in [-0.1, -0.05) is 71.6 Å². The Labute approximate surface area is 130 Å². The molecular formula is C17H35N3O. The Morgan fingerprint density at radius 1 is 0.952 bits per heavy atom. The molecule has 21 heavy (non-hydrogen) atoms. The lowest BCUT2D eigenvalue weighted by molar-refractivity contribution is -0.120. The Morgan fingerprint density at radius 2 is 1.43 bits per heavy atom. The minimum Gasteiger partial charge on any atom is -0.386 e. The zero-order chi connectivity index (χ0) is 15.9. The third-order valence-corrected chi connectivity index (χ3v) is 3.66. The summed E-state index contributed by atoms with van der Waals surface area (Å²) in [4.78, 5) is 11.4. The lowest BCUT2D eigenvalue weighted by Crippen LogP contribution is -2.32. The predicted molar refractivity (Wildman–Crippen MR) is 90.5 cm³/mol. The molecule has 0 unspecified atom stereocenters. The molecule has 0 radical (unpaired) electrons. The number of amides is 1. The second-order valence-electron chi connectivity index (χ2n) is 6.42. The SMILES string of the molecule is CC(C)CCCCCCCCCCCC(=O)NCC(=N)N. The first-order valence-electron chi connectivity index (χ1n) is 8.62. The van der Waals surface area contributed by atoms with Crippen LogP contribution in [-0.2, 0) is 4.79 Å².